The summed E-state index contributed by atoms with van der Waals surface area (Å²) in [5.74, 6) is -1.10. The van der Waals surface area contributed by atoms with Gasteiger partial charge in [-0.05, 0) is 57.9 Å². The second kappa shape index (κ2) is 9.90. The van der Waals surface area contributed by atoms with E-state index in [1.165, 1.54) is 28.6 Å². The number of nitrogens with one attached hydrogen (secondary N) is 3. The second-order valence-electron chi connectivity index (χ2n) is 7.82. The predicted octanol–water partition coefficient (Wildman–Crippen LogP) is 1.15. The van der Waals surface area contributed by atoms with Crippen molar-refractivity contribution in [2.24, 2.45) is 0 Å². The van der Waals surface area contributed by atoms with E-state index in [0.29, 0.717) is 13.1 Å². The zero-order chi connectivity index (χ0) is 22.4. The van der Waals surface area contributed by atoms with Gasteiger partial charge in [0.15, 0.2) is 0 Å². The fourth-order valence-corrected chi connectivity index (χ4v) is 4.23. The lowest BCUT2D eigenvalue weighted by molar-refractivity contribution is -0.121. The molecule has 1 aromatic rings. The lowest BCUT2D eigenvalue weighted by atomic mass is 10.2. The van der Waals surface area contributed by atoms with Crippen molar-refractivity contribution in [2.45, 2.75) is 50.5 Å². The standard InChI is InChI=1S/C19H28N4O6S/c1-19(2,3)29-18(26)20-11-10-16(24)21-22-17(25)14-6-8-15(9-7-14)30(27,28)23-12-4-5-13-23/h6-9H,4-5,10-13H2,1-3H3,(H,20,26)(H,21,24)(H,22,25). The highest BCUT2D eigenvalue weighted by molar-refractivity contribution is 7.89. The van der Waals surface area contributed by atoms with Gasteiger partial charge >= 0.3 is 6.09 Å². The fraction of sp³-hybridized carbons (Fsp3) is 0.526. The Hall–Kier alpha value is -2.66. The molecule has 0 aliphatic carbocycles. The van der Waals surface area contributed by atoms with Crippen molar-refractivity contribution in [1.82, 2.24) is 20.5 Å². The Morgan fingerprint density at radius 3 is 2.20 bits per heavy atom. The second-order valence-corrected chi connectivity index (χ2v) is 9.75. The van der Waals surface area contributed by atoms with Crippen molar-refractivity contribution in [3.05, 3.63) is 29.8 Å². The lowest BCUT2D eigenvalue weighted by Crippen LogP contribution is -2.43. The largest absolute Gasteiger partial charge is 0.444 e. The summed E-state index contributed by atoms with van der Waals surface area (Å²) in [6, 6.07) is 5.51. The zero-order valence-electron chi connectivity index (χ0n) is 17.4. The zero-order valence-corrected chi connectivity index (χ0v) is 18.2. The summed E-state index contributed by atoms with van der Waals surface area (Å²) >= 11 is 0. The molecule has 1 aliphatic rings. The summed E-state index contributed by atoms with van der Waals surface area (Å²) in [7, 11) is -3.55. The molecule has 1 fully saturated rings. The maximum absolute atomic E-state index is 12.5. The third-order valence-electron chi connectivity index (χ3n) is 4.16. The lowest BCUT2D eigenvalue weighted by Gasteiger charge is -2.19. The van der Waals surface area contributed by atoms with Gasteiger partial charge in [0.2, 0.25) is 15.9 Å². The van der Waals surface area contributed by atoms with Crippen LogP contribution in [0.3, 0.4) is 0 Å². The molecular formula is C19H28N4O6S. The van der Waals surface area contributed by atoms with Gasteiger partial charge in [0, 0.05) is 31.6 Å². The molecule has 1 heterocycles. The average Bonchev–Trinajstić information content (AvgIpc) is 3.20. The van der Waals surface area contributed by atoms with Crippen LogP contribution in [0.15, 0.2) is 29.2 Å². The Balaban J connectivity index is 1.78. The van der Waals surface area contributed by atoms with Crippen LogP contribution in [0.2, 0.25) is 0 Å². The van der Waals surface area contributed by atoms with Crippen molar-refractivity contribution < 1.29 is 27.5 Å². The Morgan fingerprint density at radius 1 is 1.03 bits per heavy atom. The first-order valence-corrected chi connectivity index (χ1v) is 11.1. The maximum Gasteiger partial charge on any atom is 0.407 e. The molecule has 0 radical (unpaired) electrons. The monoisotopic (exact) mass is 440 g/mol. The van der Waals surface area contributed by atoms with E-state index in [1.54, 1.807) is 20.8 Å². The summed E-state index contributed by atoms with van der Waals surface area (Å²) in [5.41, 5.74) is 4.04. The molecule has 3 amide bonds. The van der Waals surface area contributed by atoms with Crippen molar-refractivity contribution in [2.75, 3.05) is 19.6 Å². The van der Waals surface area contributed by atoms with Crippen LogP contribution in [0.1, 0.15) is 50.4 Å². The van der Waals surface area contributed by atoms with E-state index < -0.39 is 33.5 Å². The molecule has 11 heteroatoms. The van der Waals surface area contributed by atoms with E-state index in [4.69, 9.17) is 4.74 Å². The van der Waals surface area contributed by atoms with Crippen LogP contribution in [0.25, 0.3) is 0 Å². The van der Waals surface area contributed by atoms with E-state index in [0.717, 1.165) is 12.8 Å². The molecule has 3 N–H and O–H groups in total. The third kappa shape index (κ3) is 6.99. The summed E-state index contributed by atoms with van der Waals surface area (Å²) in [4.78, 5) is 35.5. The van der Waals surface area contributed by atoms with Gasteiger partial charge in [0.05, 0.1) is 4.90 Å². The number of hydrogen-bond donors (Lipinski definition) is 3. The van der Waals surface area contributed by atoms with Crippen LogP contribution >= 0.6 is 0 Å². The van der Waals surface area contributed by atoms with Crippen LogP contribution in [0.5, 0.6) is 0 Å². The highest BCUT2D eigenvalue weighted by atomic mass is 32.2. The van der Waals surface area contributed by atoms with E-state index >= 15 is 0 Å². The number of carbonyl (C=O) groups is 3. The molecule has 1 aliphatic heterocycles. The smallest absolute Gasteiger partial charge is 0.407 e. The Kier molecular flexibility index (Phi) is 7.79. The summed E-state index contributed by atoms with van der Waals surface area (Å²) < 4.78 is 31.4. The molecule has 30 heavy (non-hydrogen) atoms. The number of rotatable bonds is 6. The minimum absolute atomic E-state index is 0.0413. The number of sulfonamides is 1. The molecule has 0 spiro atoms. The number of ether oxygens (including phenoxy) is 1. The topological polar surface area (TPSA) is 134 Å². The van der Waals surface area contributed by atoms with Gasteiger partial charge in [0.25, 0.3) is 5.91 Å². The van der Waals surface area contributed by atoms with Crippen LogP contribution in [0.4, 0.5) is 4.79 Å². The van der Waals surface area contributed by atoms with Crippen molar-refractivity contribution in [3.8, 4) is 0 Å². The molecule has 10 nitrogen and oxygen atoms in total. The van der Waals surface area contributed by atoms with Crippen molar-refractivity contribution >= 4 is 27.9 Å². The molecule has 2 rings (SSSR count). The third-order valence-corrected chi connectivity index (χ3v) is 6.07. The fourth-order valence-electron chi connectivity index (χ4n) is 2.71. The first-order chi connectivity index (χ1) is 14.0. The SMILES string of the molecule is CC(C)(C)OC(=O)NCCC(=O)NNC(=O)c1ccc(S(=O)(=O)N2CCCC2)cc1. The van der Waals surface area contributed by atoms with Crippen LogP contribution in [0, 0.1) is 0 Å². The van der Waals surface area contributed by atoms with Gasteiger partial charge in [-0.3, -0.25) is 20.4 Å². The van der Waals surface area contributed by atoms with Gasteiger partial charge < -0.3 is 10.1 Å². The molecule has 0 atom stereocenters. The first kappa shape index (κ1) is 23.6. The van der Waals surface area contributed by atoms with Gasteiger partial charge in [-0.1, -0.05) is 0 Å². The van der Waals surface area contributed by atoms with E-state index in [2.05, 4.69) is 16.2 Å². The number of alkyl carbamates (subject to hydrolysis) is 1. The maximum atomic E-state index is 12.5. The summed E-state index contributed by atoms with van der Waals surface area (Å²) in [6.07, 6.45) is 0.981. The Labute approximate surface area is 176 Å². The number of carbonyl (C=O) groups excluding carboxylic acids is 3. The number of nitrogens with zero attached hydrogens (tertiary/aromatic N) is 1. The molecule has 0 unspecified atom stereocenters. The molecule has 0 bridgehead atoms. The summed E-state index contributed by atoms with van der Waals surface area (Å²) in [6.45, 7) is 6.22. The molecular weight excluding hydrogens is 412 g/mol. The molecule has 0 saturated carbocycles. The average molecular weight is 441 g/mol. The molecule has 166 valence electrons. The first-order valence-electron chi connectivity index (χ1n) is 9.65. The van der Waals surface area contributed by atoms with Crippen LogP contribution < -0.4 is 16.2 Å². The van der Waals surface area contributed by atoms with Crippen LogP contribution in [-0.2, 0) is 19.6 Å². The van der Waals surface area contributed by atoms with Gasteiger partial charge in [0.1, 0.15) is 5.60 Å². The minimum Gasteiger partial charge on any atom is -0.444 e. The van der Waals surface area contributed by atoms with E-state index in [1.807, 2.05) is 0 Å². The van der Waals surface area contributed by atoms with Crippen molar-refractivity contribution in [1.29, 1.82) is 0 Å². The predicted molar refractivity (Wildman–Crippen MR) is 109 cm³/mol. The highest BCUT2D eigenvalue weighted by Crippen LogP contribution is 2.21. The van der Waals surface area contributed by atoms with E-state index in [-0.39, 0.29) is 23.4 Å². The van der Waals surface area contributed by atoms with Gasteiger partial charge in [-0.2, -0.15) is 4.31 Å². The van der Waals surface area contributed by atoms with Crippen LogP contribution in [-0.4, -0.2) is 55.9 Å². The van der Waals surface area contributed by atoms with E-state index in [9.17, 15) is 22.8 Å². The number of hydrogen-bond acceptors (Lipinski definition) is 6. The van der Waals surface area contributed by atoms with Gasteiger partial charge in [-0.25, -0.2) is 13.2 Å². The Bertz CT molecular complexity index is 871. The quantitative estimate of drug-likeness (QED) is 0.568. The molecule has 1 saturated heterocycles. The summed E-state index contributed by atoms with van der Waals surface area (Å²) in [5, 5.41) is 2.44. The minimum atomic E-state index is -3.55. The molecule has 0 aromatic heterocycles. The molecule has 1 aromatic carbocycles. The van der Waals surface area contributed by atoms with Crippen molar-refractivity contribution in [3.63, 3.8) is 0 Å². The highest BCUT2D eigenvalue weighted by Gasteiger charge is 2.27. The number of benzene rings is 1. The number of hydrazine groups is 1. The van der Waals surface area contributed by atoms with Gasteiger partial charge in [-0.15, -0.1) is 0 Å². The Morgan fingerprint density at radius 2 is 1.63 bits per heavy atom. The number of amides is 3. The normalized spacial score (nSPS) is 14.8.